The Hall–Kier alpha value is -2.33. The van der Waals surface area contributed by atoms with Crippen LogP contribution in [0, 0.1) is 0 Å². The van der Waals surface area contributed by atoms with E-state index >= 15 is 0 Å². The number of guanidine groups is 1. The Balaban J connectivity index is 0.00000272. The average molecular weight is 534 g/mol. The van der Waals surface area contributed by atoms with Crippen molar-refractivity contribution in [2.75, 3.05) is 26.7 Å². The maximum Gasteiger partial charge on any atom is 0.191 e. The van der Waals surface area contributed by atoms with Crippen LogP contribution in [0.2, 0.25) is 0 Å². The standard InChI is InChI=1S/C23H30N6O.HI/c1-24-23(25-17-19-8-10-20(11-9-19)29-15-6-12-27-29)26-18-21(22-7-5-16-30-22)28-13-3-2-4-14-28;/h5-12,15-16,21H,2-4,13-14,17-18H2,1H3,(H2,24,25,26);1H. The zero-order valence-electron chi connectivity index (χ0n) is 17.9. The fraction of sp³-hybridized carbons (Fsp3) is 0.391. The third-order valence-corrected chi connectivity index (χ3v) is 5.55. The summed E-state index contributed by atoms with van der Waals surface area (Å²) in [6, 6.07) is 14.5. The lowest BCUT2D eigenvalue weighted by Crippen LogP contribution is -2.44. The van der Waals surface area contributed by atoms with E-state index in [2.05, 4.69) is 56.0 Å². The van der Waals surface area contributed by atoms with Crippen molar-refractivity contribution in [1.82, 2.24) is 25.3 Å². The fourth-order valence-corrected chi connectivity index (χ4v) is 3.91. The summed E-state index contributed by atoms with van der Waals surface area (Å²) < 4.78 is 7.59. The molecule has 0 saturated carbocycles. The minimum atomic E-state index is 0. The number of benzene rings is 1. The second-order valence-corrected chi connectivity index (χ2v) is 7.55. The predicted molar refractivity (Wildman–Crippen MR) is 134 cm³/mol. The van der Waals surface area contributed by atoms with Crippen molar-refractivity contribution >= 4 is 29.9 Å². The molecule has 0 aliphatic carbocycles. The van der Waals surface area contributed by atoms with E-state index in [0.717, 1.165) is 37.0 Å². The van der Waals surface area contributed by atoms with Crippen LogP contribution in [0.15, 0.2) is 70.5 Å². The summed E-state index contributed by atoms with van der Waals surface area (Å²) in [6.07, 6.45) is 9.29. The van der Waals surface area contributed by atoms with Gasteiger partial charge in [0.2, 0.25) is 0 Å². The summed E-state index contributed by atoms with van der Waals surface area (Å²) in [7, 11) is 1.80. The molecule has 166 valence electrons. The van der Waals surface area contributed by atoms with E-state index in [1.807, 2.05) is 23.0 Å². The van der Waals surface area contributed by atoms with Crippen LogP contribution >= 0.6 is 24.0 Å². The van der Waals surface area contributed by atoms with Crippen LogP contribution in [0.5, 0.6) is 0 Å². The lowest BCUT2D eigenvalue weighted by atomic mass is 10.1. The van der Waals surface area contributed by atoms with E-state index in [4.69, 9.17) is 4.42 Å². The van der Waals surface area contributed by atoms with Crippen molar-refractivity contribution < 1.29 is 4.42 Å². The number of piperidine rings is 1. The number of halogens is 1. The Bertz CT molecular complexity index is 902. The molecule has 0 bridgehead atoms. The van der Waals surface area contributed by atoms with Crippen molar-refractivity contribution in [1.29, 1.82) is 0 Å². The van der Waals surface area contributed by atoms with E-state index < -0.39 is 0 Å². The minimum Gasteiger partial charge on any atom is -0.468 e. The van der Waals surface area contributed by atoms with Crippen LogP contribution in [0.25, 0.3) is 5.69 Å². The smallest absolute Gasteiger partial charge is 0.191 e. The summed E-state index contributed by atoms with van der Waals surface area (Å²) >= 11 is 0. The molecule has 3 aromatic rings. The normalized spacial score (nSPS) is 15.8. The molecule has 1 atom stereocenters. The average Bonchev–Trinajstić information content (AvgIpc) is 3.52. The Morgan fingerprint density at radius 2 is 1.90 bits per heavy atom. The fourth-order valence-electron chi connectivity index (χ4n) is 3.91. The maximum absolute atomic E-state index is 5.74. The van der Waals surface area contributed by atoms with Crippen LogP contribution in [-0.4, -0.2) is 47.3 Å². The van der Waals surface area contributed by atoms with Crippen LogP contribution < -0.4 is 10.6 Å². The summed E-state index contributed by atoms with van der Waals surface area (Å²) in [5, 5.41) is 11.2. The first-order valence-electron chi connectivity index (χ1n) is 10.6. The summed E-state index contributed by atoms with van der Waals surface area (Å²) in [5.41, 5.74) is 2.24. The number of nitrogens with zero attached hydrogens (tertiary/aromatic N) is 4. The van der Waals surface area contributed by atoms with E-state index in [9.17, 15) is 0 Å². The van der Waals surface area contributed by atoms with Gasteiger partial charge in [-0.3, -0.25) is 9.89 Å². The van der Waals surface area contributed by atoms with E-state index in [-0.39, 0.29) is 30.0 Å². The number of aromatic nitrogens is 2. The highest BCUT2D eigenvalue weighted by atomic mass is 127. The minimum absolute atomic E-state index is 0. The van der Waals surface area contributed by atoms with Gasteiger partial charge in [-0.25, -0.2) is 4.68 Å². The summed E-state index contributed by atoms with van der Waals surface area (Å²) in [4.78, 5) is 6.90. The Labute approximate surface area is 200 Å². The second-order valence-electron chi connectivity index (χ2n) is 7.55. The third kappa shape index (κ3) is 6.33. The molecule has 1 saturated heterocycles. The van der Waals surface area contributed by atoms with Crippen molar-refractivity contribution in [3.8, 4) is 5.69 Å². The van der Waals surface area contributed by atoms with Gasteiger partial charge >= 0.3 is 0 Å². The number of likely N-dealkylation sites (tertiary alicyclic amines) is 1. The monoisotopic (exact) mass is 534 g/mol. The lowest BCUT2D eigenvalue weighted by Gasteiger charge is -2.33. The van der Waals surface area contributed by atoms with Gasteiger partial charge in [0, 0.05) is 32.5 Å². The second kappa shape index (κ2) is 11.9. The summed E-state index contributed by atoms with van der Waals surface area (Å²) in [5.74, 6) is 1.80. The van der Waals surface area contributed by atoms with E-state index in [1.165, 1.54) is 24.8 Å². The SMILES string of the molecule is CN=C(NCc1ccc(-n2cccn2)cc1)NCC(c1ccco1)N1CCCCC1.I. The quantitative estimate of drug-likeness (QED) is 0.273. The number of rotatable bonds is 7. The van der Waals surface area contributed by atoms with Crippen molar-refractivity contribution in [3.05, 3.63) is 72.4 Å². The molecule has 7 nitrogen and oxygen atoms in total. The van der Waals surface area contributed by atoms with Gasteiger partial charge in [-0.1, -0.05) is 18.6 Å². The van der Waals surface area contributed by atoms with Crippen molar-refractivity contribution in [2.24, 2.45) is 4.99 Å². The molecule has 8 heteroatoms. The first-order valence-corrected chi connectivity index (χ1v) is 10.6. The van der Waals surface area contributed by atoms with Crippen LogP contribution in [-0.2, 0) is 6.54 Å². The molecule has 1 aliphatic rings. The molecule has 0 amide bonds. The molecule has 2 N–H and O–H groups in total. The molecule has 1 unspecified atom stereocenters. The Kier molecular flexibility index (Phi) is 8.96. The first-order chi connectivity index (χ1) is 14.8. The van der Waals surface area contributed by atoms with Gasteiger partial charge in [0.25, 0.3) is 0 Å². The van der Waals surface area contributed by atoms with Crippen molar-refractivity contribution in [3.63, 3.8) is 0 Å². The van der Waals surface area contributed by atoms with Gasteiger partial charge in [-0.15, -0.1) is 24.0 Å². The highest BCUT2D eigenvalue weighted by Gasteiger charge is 2.24. The van der Waals surface area contributed by atoms with Gasteiger partial charge in [-0.05, 0) is 61.8 Å². The molecule has 2 aromatic heterocycles. The molecular formula is C23H31IN6O. The molecule has 31 heavy (non-hydrogen) atoms. The molecule has 1 aliphatic heterocycles. The number of aliphatic imine (C=N–C) groups is 1. The highest BCUT2D eigenvalue weighted by molar-refractivity contribution is 14.0. The topological polar surface area (TPSA) is 70.6 Å². The van der Waals surface area contributed by atoms with Crippen molar-refractivity contribution in [2.45, 2.75) is 31.8 Å². The highest BCUT2D eigenvalue weighted by Crippen LogP contribution is 2.24. The van der Waals surface area contributed by atoms with E-state index in [0.29, 0.717) is 6.54 Å². The predicted octanol–water partition coefficient (Wildman–Crippen LogP) is 3.98. The molecule has 4 rings (SSSR count). The molecule has 1 aromatic carbocycles. The summed E-state index contributed by atoms with van der Waals surface area (Å²) in [6.45, 7) is 3.68. The zero-order valence-corrected chi connectivity index (χ0v) is 20.2. The van der Waals surface area contributed by atoms with Crippen LogP contribution in [0.4, 0.5) is 0 Å². The van der Waals surface area contributed by atoms with Gasteiger partial charge in [0.15, 0.2) is 5.96 Å². The van der Waals surface area contributed by atoms with Gasteiger partial charge < -0.3 is 15.1 Å². The lowest BCUT2D eigenvalue weighted by molar-refractivity contribution is 0.146. The first kappa shape index (κ1) is 23.3. The molecule has 0 spiro atoms. The maximum atomic E-state index is 5.74. The number of furan rings is 1. The van der Waals surface area contributed by atoms with Crippen LogP contribution in [0.1, 0.15) is 36.6 Å². The van der Waals surface area contributed by atoms with E-state index in [1.54, 1.807) is 19.5 Å². The van der Waals surface area contributed by atoms with Gasteiger partial charge in [0.05, 0.1) is 18.0 Å². The number of nitrogens with one attached hydrogen (secondary N) is 2. The third-order valence-electron chi connectivity index (χ3n) is 5.55. The Morgan fingerprint density at radius 1 is 1.10 bits per heavy atom. The molecule has 1 fully saturated rings. The molecule has 3 heterocycles. The Morgan fingerprint density at radius 3 is 2.55 bits per heavy atom. The molecular weight excluding hydrogens is 503 g/mol. The largest absolute Gasteiger partial charge is 0.468 e. The number of hydrogen-bond donors (Lipinski definition) is 2. The number of hydrogen-bond acceptors (Lipinski definition) is 4. The molecule has 0 radical (unpaired) electrons. The van der Waals surface area contributed by atoms with Gasteiger partial charge in [0.1, 0.15) is 5.76 Å². The van der Waals surface area contributed by atoms with Gasteiger partial charge in [-0.2, -0.15) is 5.10 Å². The zero-order chi connectivity index (χ0) is 20.6. The van der Waals surface area contributed by atoms with Crippen LogP contribution in [0.3, 0.4) is 0 Å².